The Kier molecular flexibility index (Phi) is 4.48. The summed E-state index contributed by atoms with van der Waals surface area (Å²) in [5.74, 6) is 0. The Morgan fingerprint density at radius 3 is 2.00 bits per heavy atom. The predicted octanol–water partition coefficient (Wildman–Crippen LogP) is 4.75. The van der Waals surface area contributed by atoms with Crippen LogP contribution in [0, 0.1) is 0 Å². The van der Waals surface area contributed by atoms with Crippen LogP contribution in [0.4, 0.5) is 0 Å². The first-order valence-electron chi connectivity index (χ1n) is 7.79. The second kappa shape index (κ2) is 7.23. The number of aromatic nitrogens is 4. The minimum absolute atomic E-state index is 0.915. The van der Waals surface area contributed by atoms with Gasteiger partial charge in [0, 0.05) is 58.1 Å². The molecule has 0 spiro atoms. The van der Waals surface area contributed by atoms with Gasteiger partial charge in [-0.3, -0.25) is 19.9 Å². The van der Waals surface area contributed by atoms with Crippen molar-refractivity contribution in [3.05, 3.63) is 85.7 Å². The molecule has 0 atom stereocenters. The van der Waals surface area contributed by atoms with Crippen molar-refractivity contribution in [2.75, 3.05) is 0 Å². The van der Waals surface area contributed by atoms with E-state index < -0.39 is 0 Å². The molecule has 0 aliphatic rings. The molecule has 4 aromatic heterocycles. The summed E-state index contributed by atoms with van der Waals surface area (Å²) >= 11 is 1.66. The van der Waals surface area contributed by atoms with Crippen LogP contribution in [-0.2, 0) is 0 Å². The highest BCUT2D eigenvalue weighted by Gasteiger charge is 2.04. The van der Waals surface area contributed by atoms with E-state index in [4.69, 9.17) is 0 Å². The molecule has 0 saturated heterocycles. The first-order chi connectivity index (χ1) is 12.4. The maximum Gasteiger partial charge on any atom is 0.0728 e. The molecule has 25 heavy (non-hydrogen) atoms. The third kappa shape index (κ3) is 3.72. The van der Waals surface area contributed by atoms with Crippen molar-refractivity contribution >= 4 is 11.8 Å². The smallest absolute Gasteiger partial charge is 0.0728 e. The first-order valence-corrected chi connectivity index (χ1v) is 8.61. The van der Waals surface area contributed by atoms with Gasteiger partial charge in [-0.1, -0.05) is 11.8 Å². The largest absolute Gasteiger partial charge is 0.264 e. The van der Waals surface area contributed by atoms with Gasteiger partial charge >= 0.3 is 0 Å². The van der Waals surface area contributed by atoms with E-state index in [-0.39, 0.29) is 0 Å². The van der Waals surface area contributed by atoms with E-state index in [1.54, 1.807) is 24.2 Å². The number of hydrogen-bond donors (Lipinski definition) is 0. The third-order valence-corrected chi connectivity index (χ3v) is 4.58. The average Bonchev–Trinajstić information content (AvgIpc) is 2.70. The molecule has 0 radical (unpaired) electrons. The van der Waals surface area contributed by atoms with E-state index in [0.717, 1.165) is 32.3 Å². The predicted molar refractivity (Wildman–Crippen MR) is 99.1 cm³/mol. The Labute approximate surface area is 150 Å². The summed E-state index contributed by atoms with van der Waals surface area (Å²) < 4.78 is 0. The van der Waals surface area contributed by atoms with Crippen LogP contribution in [-0.4, -0.2) is 19.9 Å². The molecular formula is C20H14N4S. The fraction of sp³-hybridized carbons (Fsp3) is 0. The van der Waals surface area contributed by atoms with E-state index in [2.05, 4.69) is 32.1 Å². The molecule has 4 aromatic rings. The van der Waals surface area contributed by atoms with Crippen molar-refractivity contribution in [2.45, 2.75) is 9.79 Å². The van der Waals surface area contributed by atoms with Crippen LogP contribution in [0.2, 0.25) is 0 Å². The summed E-state index contributed by atoms with van der Waals surface area (Å²) in [4.78, 5) is 19.4. The molecule has 0 aliphatic heterocycles. The topological polar surface area (TPSA) is 51.6 Å². The van der Waals surface area contributed by atoms with E-state index >= 15 is 0 Å². The molecule has 4 rings (SSSR count). The van der Waals surface area contributed by atoms with Crippen LogP contribution in [0.3, 0.4) is 0 Å². The first kappa shape index (κ1) is 15.5. The van der Waals surface area contributed by atoms with Crippen LogP contribution in [0.5, 0.6) is 0 Å². The van der Waals surface area contributed by atoms with Crippen LogP contribution in [0.15, 0.2) is 95.5 Å². The van der Waals surface area contributed by atoms with Crippen molar-refractivity contribution in [3.8, 4) is 22.5 Å². The van der Waals surface area contributed by atoms with Crippen molar-refractivity contribution < 1.29 is 0 Å². The number of rotatable bonds is 4. The Morgan fingerprint density at radius 1 is 0.600 bits per heavy atom. The molecule has 0 amide bonds. The normalized spacial score (nSPS) is 10.6. The quantitative estimate of drug-likeness (QED) is 0.535. The highest BCUT2D eigenvalue weighted by atomic mass is 32.2. The maximum absolute atomic E-state index is 4.54. The number of nitrogens with zero attached hydrogens (tertiary/aromatic N) is 4. The molecule has 0 saturated carbocycles. The lowest BCUT2D eigenvalue weighted by atomic mass is 10.2. The summed E-state index contributed by atoms with van der Waals surface area (Å²) in [5, 5.41) is 0. The van der Waals surface area contributed by atoms with Gasteiger partial charge in [0.1, 0.15) is 0 Å². The minimum atomic E-state index is 0.915. The van der Waals surface area contributed by atoms with Crippen LogP contribution < -0.4 is 0 Å². The van der Waals surface area contributed by atoms with Gasteiger partial charge in [-0.25, -0.2) is 0 Å². The molecule has 120 valence electrons. The molecule has 0 aliphatic carbocycles. The molecule has 5 heteroatoms. The molecule has 4 heterocycles. The van der Waals surface area contributed by atoms with Crippen LogP contribution in [0.25, 0.3) is 22.5 Å². The zero-order chi connectivity index (χ0) is 16.9. The van der Waals surface area contributed by atoms with Gasteiger partial charge in [-0.15, -0.1) is 0 Å². The van der Waals surface area contributed by atoms with Crippen molar-refractivity contribution in [3.63, 3.8) is 0 Å². The fourth-order valence-corrected chi connectivity index (χ4v) is 3.22. The molecule has 0 N–H and O–H groups in total. The van der Waals surface area contributed by atoms with Gasteiger partial charge in [0.2, 0.25) is 0 Å². The lowest BCUT2D eigenvalue weighted by Gasteiger charge is -2.05. The SMILES string of the molecule is c1cncc(-c2ccc(Sc3ccnc(-c4cccnc4)c3)cn2)c1. The van der Waals surface area contributed by atoms with Gasteiger partial charge in [-0.2, -0.15) is 0 Å². The highest BCUT2D eigenvalue weighted by molar-refractivity contribution is 7.99. The molecule has 0 unspecified atom stereocenters. The molecule has 0 aromatic carbocycles. The van der Waals surface area contributed by atoms with Crippen molar-refractivity contribution in [1.29, 1.82) is 0 Å². The third-order valence-electron chi connectivity index (χ3n) is 3.62. The maximum atomic E-state index is 4.54. The van der Waals surface area contributed by atoms with Gasteiger partial charge < -0.3 is 0 Å². The molecule has 0 bridgehead atoms. The summed E-state index contributed by atoms with van der Waals surface area (Å²) in [7, 11) is 0. The van der Waals surface area contributed by atoms with E-state index in [9.17, 15) is 0 Å². The van der Waals surface area contributed by atoms with Crippen molar-refractivity contribution in [1.82, 2.24) is 19.9 Å². The number of hydrogen-bond acceptors (Lipinski definition) is 5. The van der Waals surface area contributed by atoms with E-state index in [1.165, 1.54) is 0 Å². The van der Waals surface area contributed by atoms with E-state index in [0.29, 0.717) is 0 Å². The van der Waals surface area contributed by atoms with Gasteiger partial charge in [0.25, 0.3) is 0 Å². The molecule has 0 fully saturated rings. The number of pyridine rings is 4. The Bertz CT molecular complexity index is 958. The van der Waals surface area contributed by atoms with Gasteiger partial charge in [0.15, 0.2) is 0 Å². The summed E-state index contributed by atoms with van der Waals surface area (Å²) in [6, 6.07) is 16.0. The summed E-state index contributed by atoms with van der Waals surface area (Å²) in [6.45, 7) is 0. The summed E-state index contributed by atoms with van der Waals surface area (Å²) in [6.07, 6.45) is 10.9. The monoisotopic (exact) mass is 342 g/mol. The Hall–Kier alpha value is -3.05. The average molecular weight is 342 g/mol. The fourth-order valence-electron chi connectivity index (χ4n) is 2.41. The zero-order valence-corrected chi connectivity index (χ0v) is 14.1. The second-order valence-electron chi connectivity index (χ2n) is 5.34. The van der Waals surface area contributed by atoms with Crippen LogP contribution >= 0.6 is 11.8 Å². The van der Waals surface area contributed by atoms with Crippen LogP contribution in [0.1, 0.15) is 0 Å². The molecular weight excluding hydrogens is 328 g/mol. The van der Waals surface area contributed by atoms with E-state index in [1.807, 2.05) is 61.2 Å². The lowest BCUT2D eigenvalue weighted by molar-refractivity contribution is 1.21. The highest BCUT2D eigenvalue weighted by Crippen LogP contribution is 2.30. The zero-order valence-electron chi connectivity index (χ0n) is 13.3. The van der Waals surface area contributed by atoms with Gasteiger partial charge in [0.05, 0.1) is 11.4 Å². The minimum Gasteiger partial charge on any atom is -0.264 e. The standard InChI is InChI=1S/C20H14N4S/c1-3-15(12-21-8-1)19-6-5-18(14-24-19)25-17-7-10-23-20(11-17)16-4-2-9-22-13-16/h1-14H. The Balaban J connectivity index is 1.55. The lowest BCUT2D eigenvalue weighted by Crippen LogP contribution is -1.86. The second-order valence-corrected chi connectivity index (χ2v) is 6.49. The Morgan fingerprint density at radius 2 is 1.36 bits per heavy atom. The van der Waals surface area contributed by atoms with Gasteiger partial charge in [-0.05, 0) is 48.5 Å². The summed E-state index contributed by atoms with van der Waals surface area (Å²) in [5.41, 5.74) is 3.86. The van der Waals surface area contributed by atoms with Crippen molar-refractivity contribution in [2.24, 2.45) is 0 Å². The molecule has 4 nitrogen and oxygen atoms in total.